The molecule has 0 radical (unpaired) electrons. The molecule has 4 aromatic carbocycles. The Bertz CT molecular complexity index is 2980. The lowest BCUT2D eigenvalue weighted by molar-refractivity contribution is -0.144. The number of halogens is 2. The number of hydrogen-bond acceptors (Lipinski definition) is 16. The molecule has 21 nitrogen and oxygen atoms in total. The van der Waals surface area contributed by atoms with Gasteiger partial charge in [0.25, 0.3) is 5.91 Å². The van der Waals surface area contributed by atoms with E-state index in [4.69, 9.17) is 32.7 Å². The molecule has 4 heterocycles. The van der Waals surface area contributed by atoms with Gasteiger partial charge in [0.2, 0.25) is 28.8 Å². The van der Waals surface area contributed by atoms with Gasteiger partial charge in [-0.1, -0.05) is 46.7 Å². The molecule has 1 spiro atoms. The van der Waals surface area contributed by atoms with E-state index < -0.39 is 89.1 Å². The molecule has 7 N–H and O–H groups in total. The minimum Gasteiger partial charge on any atom is -0.767 e. The molecule has 5 amide bonds. The maximum Gasteiger partial charge on any atom is 0.340 e. The van der Waals surface area contributed by atoms with E-state index in [1.165, 1.54) is 42.5 Å². The van der Waals surface area contributed by atoms with Crippen LogP contribution in [0.5, 0.6) is 23.0 Å². The number of phenols is 2. The molecule has 25 heteroatoms. The van der Waals surface area contributed by atoms with E-state index >= 15 is 0 Å². The van der Waals surface area contributed by atoms with E-state index in [0.717, 1.165) is 4.90 Å². The quantitative estimate of drug-likeness (QED) is 0.0296. The Labute approximate surface area is 419 Å². The molecule has 4 atom stereocenters. The van der Waals surface area contributed by atoms with E-state index in [2.05, 4.69) is 31.5 Å². The molecule has 1 aromatic heterocycles. The van der Waals surface area contributed by atoms with Crippen molar-refractivity contribution in [3.63, 3.8) is 0 Å². The summed E-state index contributed by atoms with van der Waals surface area (Å²) in [4.78, 5) is 93.7. The van der Waals surface area contributed by atoms with E-state index in [0.29, 0.717) is 38.6 Å². The molecule has 1 fully saturated rings. The highest BCUT2D eigenvalue weighted by molar-refractivity contribution is 7.81. The average molecular weight is 1050 g/mol. The number of fused-ring (bicyclic) bond motifs is 6. The van der Waals surface area contributed by atoms with Crippen LogP contribution in [0.15, 0.2) is 77.1 Å². The summed E-state index contributed by atoms with van der Waals surface area (Å²) in [5.41, 5.74) is 0.405. The third kappa shape index (κ3) is 10.9. The third-order valence-electron chi connectivity index (χ3n) is 11.9. The number of ether oxygens (including phenoxy) is 2. The standard InChI is InChI=1S/C46H41Cl2N7O14S2/c47-24-6-4-22(32(48)17-24)16-38(59)50-25-18-34(55(21-25)39(60)13-12-37(58)52-44-53-54-45(70-44)71(66)67)41(62)51-33(42(63)64)3-1-2-14-49-40(61)23-5-9-29-28(15-23)43(65)69-46(29)30-10-7-26(56)19-35(30)68-36-20-27(57)8-11-31(36)46/h4-11,15,17,19-20,25,33-34,56-57H,1-3,12-14,16,18,21H2,(H,49,61)(H,50,59)(H,51,62)(H,63,64)(H,66,67)(H,52,53,58)/p-1/t25-,33+,34-/m1/s1. The van der Waals surface area contributed by atoms with Gasteiger partial charge in [-0.2, -0.15) is 0 Å². The molecular formula is C46H40Cl2N7O14S2-. The van der Waals surface area contributed by atoms with Gasteiger partial charge in [0.15, 0.2) is 9.94 Å². The maximum atomic E-state index is 13.8. The van der Waals surface area contributed by atoms with Gasteiger partial charge in [-0.25, -0.2) is 9.59 Å². The Balaban J connectivity index is 0.878. The van der Waals surface area contributed by atoms with E-state index in [1.54, 1.807) is 30.3 Å². The van der Waals surface area contributed by atoms with Gasteiger partial charge in [-0.05, 0) is 79.8 Å². The Morgan fingerprint density at radius 2 is 1.61 bits per heavy atom. The summed E-state index contributed by atoms with van der Waals surface area (Å²) < 4.78 is 34.0. The van der Waals surface area contributed by atoms with Gasteiger partial charge in [0.1, 0.15) is 35.1 Å². The summed E-state index contributed by atoms with van der Waals surface area (Å²) in [5, 5.41) is 48.4. The van der Waals surface area contributed by atoms with Gasteiger partial charge < -0.3 is 55.5 Å². The zero-order valence-electron chi connectivity index (χ0n) is 36.8. The van der Waals surface area contributed by atoms with Crippen LogP contribution in [-0.2, 0) is 51.8 Å². The smallest absolute Gasteiger partial charge is 0.340 e. The number of aromatic hydroxyl groups is 2. The number of carboxylic acid groups (broad SMARTS) is 1. The van der Waals surface area contributed by atoms with Crippen molar-refractivity contribution in [1.29, 1.82) is 0 Å². The highest BCUT2D eigenvalue weighted by Crippen LogP contribution is 2.57. The molecule has 5 aromatic rings. The van der Waals surface area contributed by atoms with Gasteiger partial charge in [0, 0.05) is 87.5 Å². The Kier molecular flexibility index (Phi) is 14.9. The van der Waals surface area contributed by atoms with Crippen LogP contribution in [0.3, 0.4) is 0 Å². The second-order valence-corrected chi connectivity index (χ2v) is 19.5. The van der Waals surface area contributed by atoms with Gasteiger partial charge in [0.05, 0.1) is 12.0 Å². The average Bonchev–Trinajstić information content (AvgIpc) is 4.05. The summed E-state index contributed by atoms with van der Waals surface area (Å²) in [6.07, 6.45) is -0.691. The minimum absolute atomic E-state index is 0.0785. The zero-order chi connectivity index (χ0) is 50.7. The fourth-order valence-corrected chi connectivity index (χ4v) is 10.2. The number of esters is 1. The molecule has 1 saturated heterocycles. The van der Waals surface area contributed by atoms with Crippen LogP contribution in [0.25, 0.3) is 0 Å². The summed E-state index contributed by atoms with van der Waals surface area (Å²) in [6.45, 7) is -0.0831. The molecule has 1 unspecified atom stereocenters. The normalized spacial score (nSPS) is 16.9. The van der Waals surface area contributed by atoms with Crippen LogP contribution in [0.1, 0.15) is 81.5 Å². The van der Waals surface area contributed by atoms with Crippen LogP contribution in [-0.4, -0.2) is 112 Å². The van der Waals surface area contributed by atoms with E-state index in [9.17, 15) is 57.6 Å². The summed E-state index contributed by atoms with van der Waals surface area (Å²) >= 11 is 10.2. The lowest BCUT2D eigenvalue weighted by Gasteiger charge is -2.36. The number of rotatable bonds is 17. The van der Waals surface area contributed by atoms with Crippen molar-refractivity contribution in [2.24, 2.45) is 0 Å². The third-order valence-corrected chi connectivity index (χ3v) is 14.1. The number of anilines is 1. The number of aliphatic carboxylic acids is 1. The molecule has 3 aliphatic heterocycles. The number of likely N-dealkylation sites (tertiary alicyclic amines) is 1. The number of phenolic OH excluding ortho intramolecular Hbond substituents is 2. The van der Waals surface area contributed by atoms with E-state index in [-0.39, 0.29) is 93.8 Å². The first-order valence-electron chi connectivity index (χ1n) is 21.7. The number of benzene rings is 4. The highest BCUT2D eigenvalue weighted by Gasteiger charge is 2.54. The largest absolute Gasteiger partial charge is 0.767 e. The number of carboxylic acids is 1. The minimum atomic E-state index is -2.67. The fraction of sp³-hybridized carbons (Fsp3) is 0.283. The van der Waals surface area contributed by atoms with Crippen LogP contribution >= 0.6 is 34.5 Å². The monoisotopic (exact) mass is 1050 g/mol. The summed E-state index contributed by atoms with van der Waals surface area (Å²) in [7, 11) is 0. The fourth-order valence-electron chi connectivity index (χ4n) is 8.60. The van der Waals surface area contributed by atoms with Crippen LogP contribution < -0.4 is 26.0 Å². The number of amides is 5. The number of aromatic nitrogens is 2. The van der Waals surface area contributed by atoms with Crippen molar-refractivity contribution in [1.82, 2.24) is 31.0 Å². The number of unbranched alkanes of at least 4 members (excludes halogenated alkanes) is 1. The topological polar surface area (TPSA) is 316 Å². The number of nitrogens with zero attached hydrogens (tertiary/aromatic N) is 3. The molecule has 0 bridgehead atoms. The summed E-state index contributed by atoms with van der Waals surface area (Å²) in [5.74, 6) is -5.14. The van der Waals surface area contributed by atoms with Crippen LogP contribution in [0, 0.1) is 0 Å². The lowest BCUT2D eigenvalue weighted by atomic mass is 9.77. The Morgan fingerprint density at radius 1 is 0.901 bits per heavy atom. The lowest BCUT2D eigenvalue weighted by Crippen LogP contribution is -2.51. The number of hydrogen-bond donors (Lipinski definition) is 7. The zero-order valence-corrected chi connectivity index (χ0v) is 39.9. The van der Waals surface area contributed by atoms with Crippen molar-refractivity contribution < 1.29 is 67.1 Å². The molecular weight excluding hydrogens is 1010 g/mol. The SMILES string of the molecule is O=C(CCC(=O)N1C[C@H](NC(=O)Cc2ccc(Cl)cc2Cl)C[C@@H]1C(=O)N[C@@H](CCCCNC(=O)c1ccc2c(c1)C(=O)OC21c2ccc(O)cc2Oc2cc(O)ccc21)C(=O)O)Nc1nnc(S(=O)[O-])s1. The predicted molar refractivity (Wildman–Crippen MR) is 251 cm³/mol. The van der Waals surface area contributed by atoms with Crippen molar-refractivity contribution >= 4 is 92.2 Å². The number of carbonyl (C=O) groups excluding carboxylic acids is 6. The predicted octanol–water partition coefficient (Wildman–Crippen LogP) is 4.28. The second-order valence-electron chi connectivity index (χ2n) is 16.6. The maximum absolute atomic E-state index is 13.8. The van der Waals surface area contributed by atoms with Gasteiger partial charge >= 0.3 is 11.9 Å². The van der Waals surface area contributed by atoms with Gasteiger partial charge in [-0.15, -0.1) is 10.2 Å². The number of carbonyl (C=O) groups is 7. The van der Waals surface area contributed by atoms with E-state index in [1.807, 2.05) is 0 Å². The van der Waals surface area contributed by atoms with Crippen molar-refractivity contribution in [3.8, 4) is 23.0 Å². The molecule has 0 aliphatic carbocycles. The molecule has 0 saturated carbocycles. The number of nitrogens with one attached hydrogen (secondary N) is 4. The Hall–Kier alpha value is -7.18. The van der Waals surface area contributed by atoms with Gasteiger partial charge in [-0.3, -0.25) is 28.2 Å². The van der Waals surface area contributed by atoms with Crippen LogP contribution in [0.2, 0.25) is 10.0 Å². The molecule has 8 rings (SSSR count). The first-order chi connectivity index (χ1) is 33.9. The van der Waals surface area contributed by atoms with Crippen molar-refractivity contribution in [2.75, 3.05) is 18.4 Å². The second kappa shape index (κ2) is 21.0. The van der Waals surface area contributed by atoms with Crippen molar-refractivity contribution in [3.05, 3.63) is 116 Å². The first-order valence-corrected chi connectivity index (χ1v) is 24.3. The summed E-state index contributed by atoms with van der Waals surface area (Å²) in [6, 6.07) is 14.3. The van der Waals surface area contributed by atoms with Crippen LogP contribution in [0.4, 0.5) is 5.13 Å². The molecule has 370 valence electrons. The highest BCUT2D eigenvalue weighted by atomic mass is 35.5. The molecule has 3 aliphatic rings. The van der Waals surface area contributed by atoms with Crippen molar-refractivity contribution in [2.45, 2.75) is 73.0 Å². The molecule has 71 heavy (non-hydrogen) atoms. The first kappa shape index (κ1) is 50.2. The Morgan fingerprint density at radius 3 is 2.27 bits per heavy atom.